The summed E-state index contributed by atoms with van der Waals surface area (Å²) in [5, 5.41) is 25.9. The van der Waals surface area contributed by atoms with Gasteiger partial charge in [0, 0.05) is 18.5 Å². The van der Waals surface area contributed by atoms with Crippen LogP contribution in [0.1, 0.15) is 12.0 Å². The Kier molecular flexibility index (Phi) is 8.10. The van der Waals surface area contributed by atoms with E-state index in [4.69, 9.17) is 20.4 Å². The van der Waals surface area contributed by atoms with Crippen LogP contribution in [-0.4, -0.2) is 42.9 Å². The quantitative estimate of drug-likeness (QED) is 0.599. The first kappa shape index (κ1) is 16.5. The molecule has 0 aliphatic rings. The van der Waals surface area contributed by atoms with Crippen LogP contribution in [0, 0.1) is 34.5 Å². The molecule has 0 radical (unpaired) electrons. The second-order valence-electron chi connectivity index (χ2n) is 4.18. The van der Waals surface area contributed by atoms with Crippen LogP contribution in [0.3, 0.4) is 0 Å². The van der Waals surface area contributed by atoms with Gasteiger partial charge in [0.15, 0.2) is 0 Å². The van der Waals surface area contributed by atoms with E-state index in [2.05, 4.69) is 11.8 Å². The van der Waals surface area contributed by atoms with Crippen LogP contribution in [0.15, 0.2) is 24.3 Å². The van der Waals surface area contributed by atoms with Gasteiger partial charge in [0.05, 0.1) is 31.8 Å². The maximum atomic E-state index is 8.64. The molecule has 0 heterocycles. The van der Waals surface area contributed by atoms with E-state index in [1.807, 2.05) is 36.4 Å². The molecule has 5 heteroatoms. The van der Waals surface area contributed by atoms with Gasteiger partial charge in [0.1, 0.15) is 12.4 Å². The third-order valence-electron chi connectivity index (χ3n) is 2.59. The summed E-state index contributed by atoms with van der Waals surface area (Å²) in [7, 11) is 0. The molecular weight excluding hydrogens is 266 g/mol. The van der Waals surface area contributed by atoms with E-state index in [1.54, 1.807) is 4.90 Å². The molecule has 1 aromatic rings. The maximum Gasteiger partial charge on any atom is 0.119 e. The van der Waals surface area contributed by atoms with Crippen LogP contribution >= 0.6 is 0 Å². The van der Waals surface area contributed by atoms with Crippen molar-refractivity contribution >= 4 is 0 Å². The fourth-order valence-electron chi connectivity index (χ4n) is 1.56. The third kappa shape index (κ3) is 6.99. The average Bonchev–Trinajstić information content (AvgIpc) is 2.49. The van der Waals surface area contributed by atoms with Crippen LogP contribution in [-0.2, 0) is 0 Å². The van der Waals surface area contributed by atoms with E-state index in [0.29, 0.717) is 19.6 Å². The zero-order valence-electron chi connectivity index (χ0n) is 11.7. The Morgan fingerprint density at radius 1 is 1.10 bits per heavy atom. The monoisotopic (exact) mass is 283 g/mol. The number of benzene rings is 1. The van der Waals surface area contributed by atoms with Gasteiger partial charge < -0.3 is 9.84 Å². The standard InChI is InChI=1S/C16H17N3O2/c17-8-10-19(11-9-18)12-14-21-16-6-4-15(5-7-16)3-1-2-13-20/h4-7,20H,2,10-14H2. The minimum atomic E-state index is 0.0656. The molecule has 0 fully saturated rings. The summed E-state index contributed by atoms with van der Waals surface area (Å²) in [5.41, 5.74) is 0.867. The highest BCUT2D eigenvalue weighted by Gasteiger charge is 2.03. The zero-order chi connectivity index (χ0) is 15.3. The lowest BCUT2D eigenvalue weighted by Crippen LogP contribution is -2.29. The first-order chi connectivity index (χ1) is 10.3. The molecule has 0 saturated carbocycles. The van der Waals surface area contributed by atoms with Crippen LogP contribution < -0.4 is 4.74 Å². The van der Waals surface area contributed by atoms with E-state index in [-0.39, 0.29) is 19.7 Å². The number of nitrogens with zero attached hydrogens (tertiary/aromatic N) is 3. The van der Waals surface area contributed by atoms with Gasteiger partial charge in [-0.1, -0.05) is 11.8 Å². The Balaban J connectivity index is 2.41. The summed E-state index contributed by atoms with van der Waals surface area (Å²) in [4.78, 5) is 1.72. The highest BCUT2D eigenvalue weighted by molar-refractivity contribution is 5.38. The molecule has 1 rings (SSSR count). The molecule has 108 valence electrons. The number of rotatable bonds is 7. The topological polar surface area (TPSA) is 80.3 Å². The fraction of sp³-hybridized carbons (Fsp3) is 0.375. The fourth-order valence-corrected chi connectivity index (χ4v) is 1.56. The number of aliphatic hydroxyl groups is 1. The van der Waals surface area contributed by atoms with Gasteiger partial charge in [-0.2, -0.15) is 10.5 Å². The lowest BCUT2D eigenvalue weighted by Gasteiger charge is -2.15. The van der Waals surface area contributed by atoms with Crippen LogP contribution in [0.4, 0.5) is 0 Å². The van der Waals surface area contributed by atoms with Gasteiger partial charge in [-0.3, -0.25) is 4.90 Å². The van der Waals surface area contributed by atoms with E-state index >= 15 is 0 Å². The Morgan fingerprint density at radius 2 is 1.76 bits per heavy atom. The van der Waals surface area contributed by atoms with E-state index < -0.39 is 0 Å². The molecule has 0 aliphatic carbocycles. The minimum absolute atomic E-state index is 0.0656. The predicted octanol–water partition coefficient (Wildman–Crippen LogP) is 1.15. The number of ether oxygens (including phenoxy) is 1. The van der Waals surface area contributed by atoms with Crippen molar-refractivity contribution in [2.24, 2.45) is 0 Å². The summed E-state index contributed by atoms with van der Waals surface area (Å²) in [6.07, 6.45) is 0.464. The van der Waals surface area contributed by atoms with Crippen molar-refractivity contribution in [2.45, 2.75) is 6.42 Å². The Labute approximate surface area is 125 Å². The van der Waals surface area contributed by atoms with Crippen molar-refractivity contribution in [3.05, 3.63) is 29.8 Å². The molecule has 0 atom stereocenters. The molecule has 5 nitrogen and oxygen atoms in total. The van der Waals surface area contributed by atoms with Crippen LogP contribution in [0.5, 0.6) is 5.75 Å². The molecule has 21 heavy (non-hydrogen) atoms. The Hall–Kier alpha value is -2.52. The zero-order valence-corrected chi connectivity index (χ0v) is 11.7. The highest BCUT2D eigenvalue weighted by Crippen LogP contribution is 2.11. The van der Waals surface area contributed by atoms with E-state index in [1.165, 1.54) is 0 Å². The number of hydrogen-bond acceptors (Lipinski definition) is 5. The second-order valence-corrected chi connectivity index (χ2v) is 4.18. The van der Waals surface area contributed by atoms with Gasteiger partial charge in [0.2, 0.25) is 0 Å². The minimum Gasteiger partial charge on any atom is -0.492 e. The molecule has 0 bridgehead atoms. The van der Waals surface area contributed by atoms with Gasteiger partial charge in [0.25, 0.3) is 0 Å². The van der Waals surface area contributed by atoms with Gasteiger partial charge in [-0.25, -0.2) is 0 Å². The number of hydrogen-bond donors (Lipinski definition) is 1. The molecule has 0 spiro atoms. The average molecular weight is 283 g/mol. The maximum absolute atomic E-state index is 8.64. The summed E-state index contributed by atoms with van der Waals surface area (Å²) >= 11 is 0. The molecule has 1 aromatic carbocycles. The van der Waals surface area contributed by atoms with E-state index in [9.17, 15) is 0 Å². The first-order valence-corrected chi connectivity index (χ1v) is 6.59. The smallest absolute Gasteiger partial charge is 0.119 e. The SMILES string of the molecule is N#CCN(CC#N)CCOc1ccc(C#CCCO)cc1. The lowest BCUT2D eigenvalue weighted by atomic mass is 10.2. The van der Waals surface area contributed by atoms with Crippen LogP contribution in [0.2, 0.25) is 0 Å². The molecule has 0 unspecified atom stereocenters. The molecule has 0 aromatic heterocycles. The highest BCUT2D eigenvalue weighted by atomic mass is 16.5. The Morgan fingerprint density at radius 3 is 2.33 bits per heavy atom. The van der Waals surface area contributed by atoms with Crippen molar-refractivity contribution < 1.29 is 9.84 Å². The van der Waals surface area contributed by atoms with Gasteiger partial charge in [-0.15, -0.1) is 0 Å². The van der Waals surface area contributed by atoms with Crippen molar-refractivity contribution in [3.8, 4) is 29.7 Å². The largest absolute Gasteiger partial charge is 0.492 e. The van der Waals surface area contributed by atoms with Gasteiger partial charge >= 0.3 is 0 Å². The third-order valence-corrected chi connectivity index (χ3v) is 2.59. The molecule has 0 saturated heterocycles. The lowest BCUT2D eigenvalue weighted by molar-refractivity contribution is 0.239. The number of nitriles is 2. The molecule has 1 N–H and O–H groups in total. The summed E-state index contributed by atoms with van der Waals surface area (Å²) < 4.78 is 5.56. The molecular formula is C16H17N3O2. The molecule has 0 amide bonds. The van der Waals surface area contributed by atoms with Crippen molar-refractivity contribution in [1.29, 1.82) is 10.5 Å². The summed E-state index contributed by atoms with van der Waals surface area (Å²) in [6.45, 7) is 1.45. The van der Waals surface area contributed by atoms with Crippen molar-refractivity contribution in [3.63, 3.8) is 0 Å². The normalized spacial score (nSPS) is 9.33. The predicted molar refractivity (Wildman–Crippen MR) is 78.2 cm³/mol. The second kappa shape index (κ2) is 10.3. The van der Waals surface area contributed by atoms with Crippen molar-refractivity contribution in [1.82, 2.24) is 4.90 Å². The van der Waals surface area contributed by atoms with Crippen LogP contribution in [0.25, 0.3) is 0 Å². The number of aliphatic hydroxyl groups excluding tert-OH is 1. The van der Waals surface area contributed by atoms with Crippen molar-refractivity contribution in [2.75, 3.05) is 32.8 Å². The van der Waals surface area contributed by atoms with E-state index in [0.717, 1.165) is 11.3 Å². The summed E-state index contributed by atoms with van der Waals surface area (Å²) in [6, 6.07) is 11.4. The summed E-state index contributed by atoms with van der Waals surface area (Å²) in [5.74, 6) is 6.50. The van der Waals surface area contributed by atoms with Gasteiger partial charge in [-0.05, 0) is 24.3 Å². The first-order valence-electron chi connectivity index (χ1n) is 6.59. The molecule has 0 aliphatic heterocycles. The Bertz CT molecular complexity index is 542.